The van der Waals surface area contributed by atoms with Gasteiger partial charge in [-0.15, -0.1) is 0 Å². The molecule has 1 saturated carbocycles. The molecule has 0 aromatic carbocycles. The Labute approximate surface area is 131 Å². The highest BCUT2D eigenvalue weighted by Gasteiger charge is 2.40. The zero-order valence-corrected chi connectivity index (χ0v) is 14.1. The maximum Gasteiger partial charge on any atom is 0.315 e. The highest BCUT2D eigenvalue weighted by atomic mass is 16.5. The van der Waals surface area contributed by atoms with Crippen LogP contribution in [0.5, 0.6) is 0 Å². The molecule has 124 valence electrons. The van der Waals surface area contributed by atoms with Crippen LogP contribution in [-0.4, -0.2) is 21.7 Å². The van der Waals surface area contributed by atoms with E-state index >= 15 is 0 Å². The molecule has 0 saturated heterocycles. The molecule has 0 radical (unpaired) electrons. The van der Waals surface area contributed by atoms with Crippen LogP contribution in [0.25, 0.3) is 0 Å². The summed E-state index contributed by atoms with van der Waals surface area (Å²) in [6, 6.07) is -0.593. The lowest BCUT2D eigenvalue weighted by atomic mass is 9.77. The van der Waals surface area contributed by atoms with E-state index < -0.39 is 5.54 Å². The predicted octanol–water partition coefficient (Wildman–Crippen LogP) is 2.20. The number of nitrogens with two attached hydrogens (primary N) is 1. The molecular formula is C15H27N5O2. The summed E-state index contributed by atoms with van der Waals surface area (Å²) in [4.78, 5) is 16.5. The smallest absolute Gasteiger partial charge is 0.315 e. The lowest BCUT2D eigenvalue weighted by molar-refractivity contribution is 0.214. The molecular weight excluding hydrogens is 282 g/mol. The first-order valence-electron chi connectivity index (χ1n) is 7.82. The van der Waals surface area contributed by atoms with E-state index in [1.165, 1.54) is 0 Å². The van der Waals surface area contributed by atoms with Gasteiger partial charge in [0.05, 0.1) is 5.54 Å². The Morgan fingerprint density at radius 1 is 1.36 bits per heavy atom. The van der Waals surface area contributed by atoms with E-state index in [0.29, 0.717) is 11.7 Å². The number of hydrogen-bond acceptors (Lipinski definition) is 5. The molecule has 2 rings (SSSR count). The van der Waals surface area contributed by atoms with Gasteiger partial charge < -0.3 is 20.9 Å². The van der Waals surface area contributed by atoms with Crippen LogP contribution >= 0.6 is 0 Å². The van der Waals surface area contributed by atoms with Gasteiger partial charge in [0.25, 0.3) is 0 Å². The number of rotatable bonds is 4. The number of amides is 2. The summed E-state index contributed by atoms with van der Waals surface area (Å²) < 4.78 is 5.36. The zero-order chi connectivity index (χ0) is 16.5. The van der Waals surface area contributed by atoms with Gasteiger partial charge >= 0.3 is 6.03 Å². The van der Waals surface area contributed by atoms with Crippen LogP contribution in [0.15, 0.2) is 4.52 Å². The van der Waals surface area contributed by atoms with Crippen molar-refractivity contribution in [3.63, 3.8) is 0 Å². The van der Waals surface area contributed by atoms with Crippen molar-refractivity contribution < 1.29 is 9.32 Å². The highest BCUT2D eigenvalue weighted by Crippen LogP contribution is 2.37. The van der Waals surface area contributed by atoms with Gasteiger partial charge in [0.2, 0.25) is 5.89 Å². The third-order valence-corrected chi connectivity index (χ3v) is 3.84. The van der Waals surface area contributed by atoms with E-state index in [4.69, 9.17) is 10.3 Å². The molecule has 4 N–H and O–H groups in total. The number of hydrogen-bond donors (Lipinski definition) is 3. The minimum atomic E-state index is -0.461. The van der Waals surface area contributed by atoms with E-state index in [1.54, 1.807) is 0 Å². The van der Waals surface area contributed by atoms with Crippen LogP contribution in [0.4, 0.5) is 4.79 Å². The highest BCUT2D eigenvalue weighted by molar-refractivity contribution is 5.75. The molecule has 7 heteroatoms. The van der Waals surface area contributed by atoms with Gasteiger partial charge in [0.1, 0.15) is 6.04 Å². The first kappa shape index (κ1) is 16.7. The van der Waals surface area contributed by atoms with Crippen LogP contribution in [0.1, 0.15) is 71.6 Å². The van der Waals surface area contributed by atoms with Gasteiger partial charge in [-0.05, 0) is 46.0 Å². The lowest BCUT2D eigenvalue weighted by Crippen LogP contribution is -2.48. The Kier molecular flexibility index (Phi) is 4.47. The summed E-state index contributed by atoms with van der Waals surface area (Å²) in [5, 5.41) is 9.78. The number of nitrogens with one attached hydrogen (secondary N) is 2. The molecule has 22 heavy (non-hydrogen) atoms. The topological polar surface area (TPSA) is 106 Å². The van der Waals surface area contributed by atoms with Crippen molar-refractivity contribution in [1.29, 1.82) is 0 Å². The first-order valence-corrected chi connectivity index (χ1v) is 7.82. The van der Waals surface area contributed by atoms with Crippen molar-refractivity contribution >= 4 is 6.03 Å². The third-order valence-electron chi connectivity index (χ3n) is 3.84. The molecule has 1 heterocycles. The molecule has 0 aliphatic heterocycles. The van der Waals surface area contributed by atoms with Crippen molar-refractivity contribution in [3.05, 3.63) is 11.7 Å². The summed E-state index contributed by atoms with van der Waals surface area (Å²) >= 11 is 0. The van der Waals surface area contributed by atoms with E-state index in [0.717, 1.165) is 19.3 Å². The van der Waals surface area contributed by atoms with Crippen LogP contribution in [0.3, 0.4) is 0 Å². The van der Waals surface area contributed by atoms with Crippen molar-refractivity contribution in [2.24, 2.45) is 11.7 Å². The number of nitrogens with zero attached hydrogens (tertiary/aromatic N) is 2. The fourth-order valence-electron chi connectivity index (χ4n) is 2.38. The Morgan fingerprint density at radius 2 is 2.00 bits per heavy atom. The number of carbonyl (C=O) groups is 1. The summed E-state index contributed by atoms with van der Waals surface area (Å²) in [5.41, 5.74) is 5.45. The van der Waals surface area contributed by atoms with E-state index in [9.17, 15) is 4.79 Å². The van der Waals surface area contributed by atoms with E-state index in [2.05, 4.69) is 20.8 Å². The second-order valence-electron chi connectivity index (χ2n) is 7.54. The molecule has 1 atom stereocenters. The van der Waals surface area contributed by atoms with Gasteiger partial charge in [-0.1, -0.05) is 19.0 Å². The summed E-state index contributed by atoms with van der Waals surface area (Å²) in [6.45, 7) is 9.77. The van der Waals surface area contributed by atoms with E-state index in [1.807, 2.05) is 34.6 Å². The fourth-order valence-corrected chi connectivity index (χ4v) is 2.38. The van der Waals surface area contributed by atoms with Crippen LogP contribution in [0.2, 0.25) is 0 Å². The zero-order valence-electron chi connectivity index (χ0n) is 14.1. The van der Waals surface area contributed by atoms with Crippen LogP contribution < -0.4 is 16.4 Å². The van der Waals surface area contributed by atoms with Crippen LogP contribution in [-0.2, 0) is 5.54 Å². The van der Waals surface area contributed by atoms with Crippen molar-refractivity contribution in [1.82, 2.24) is 20.8 Å². The molecule has 7 nitrogen and oxygen atoms in total. The molecule has 0 unspecified atom stereocenters. The third kappa shape index (κ3) is 3.76. The average Bonchev–Trinajstić information content (AvgIpc) is 2.80. The Hall–Kier alpha value is -1.63. The van der Waals surface area contributed by atoms with Gasteiger partial charge in [-0.2, -0.15) is 4.98 Å². The molecule has 2 amide bonds. The van der Waals surface area contributed by atoms with Crippen LogP contribution in [0, 0.1) is 5.92 Å². The first-order chi connectivity index (χ1) is 10.1. The van der Waals surface area contributed by atoms with Gasteiger partial charge in [0.15, 0.2) is 5.82 Å². The SMILES string of the molecule is CC(C)[C@H](NC(=O)NC(C)(C)C)c1nc(C2(N)CCC2)no1. The van der Waals surface area contributed by atoms with Crippen molar-refractivity contribution in [2.75, 3.05) is 0 Å². The Bertz CT molecular complexity index is 528. The molecule has 0 spiro atoms. The minimum absolute atomic E-state index is 0.120. The predicted molar refractivity (Wildman–Crippen MR) is 83.0 cm³/mol. The Balaban J connectivity index is 2.10. The van der Waals surface area contributed by atoms with Gasteiger partial charge in [-0.25, -0.2) is 4.79 Å². The summed E-state index contributed by atoms with van der Waals surface area (Å²) in [7, 11) is 0. The van der Waals surface area contributed by atoms with Gasteiger partial charge in [0, 0.05) is 5.54 Å². The molecule has 1 aliphatic carbocycles. The standard InChI is InChI=1S/C15H27N5O2/c1-9(2)10(17-13(21)19-14(3,4)5)11-18-12(20-22-11)15(16)7-6-8-15/h9-10H,6-8,16H2,1-5H3,(H2,17,19,21)/t10-/m0/s1. The summed E-state index contributed by atoms with van der Waals surface area (Å²) in [5.74, 6) is 1.07. The number of carbonyl (C=O) groups excluding carboxylic acids is 1. The van der Waals surface area contributed by atoms with E-state index in [-0.39, 0.29) is 23.5 Å². The molecule has 1 fully saturated rings. The summed E-state index contributed by atoms with van der Waals surface area (Å²) in [6.07, 6.45) is 2.83. The largest absolute Gasteiger partial charge is 0.337 e. The monoisotopic (exact) mass is 309 g/mol. The van der Waals surface area contributed by atoms with Crippen molar-refractivity contribution in [3.8, 4) is 0 Å². The lowest BCUT2D eigenvalue weighted by Gasteiger charge is -2.34. The minimum Gasteiger partial charge on any atom is -0.337 e. The average molecular weight is 309 g/mol. The fraction of sp³-hybridized carbons (Fsp3) is 0.800. The molecule has 1 aromatic heterocycles. The van der Waals surface area contributed by atoms with Crippen molar-refractivity contribution in [2.45, 2.75) is 71.0 Å². The molecule has 1 aliphatic rings. The molecule has 0 bridgehead atoms. The second-order valence-corrected chi connectivity index (χ2v) is 7.54. The number of aromatic nitrogens is 2. The van der Waals surface area contributed by atoms with Gasteiger partial charge in [-0.3, -0.25) is 0 Å². The Morgan fingerprint density at radius 3 is 2.45 bits per heavy atom. The normalized spacial score (nSPS) is 18.7. The second kappa shape index (κ2) is 5.87. The quantitative estimate of drug-likeness (QED) is 0.790. The maximum atomic E-state index is 12.1. The molecule has 1 aromatic rings. The number of urea groups is 1. The maximum absolute atomic E-state index is 12.1.